The Morgan fingerprint density at radius 2 is 0.778 bits per heavy atom. The van der Waals surface area contributed by atoms with Crippen LogP contribution in [0.4, 0.5) is 0 Å². The molecule has 0 saturated heterocycles. The molecule has 6 heteroatoms. The molecule has 0 aliphatic rings. The highest BCUT2D eigenvalue weighted by Crippen LogP contribution is 2.12. The summed E-state index contributed by atoms with van der Waals surface area (Å²) in [5, 5.41) is 0. The highest BCUT2D eigenvalue weighted by molar-refractivity contribution is 5.71. The van der Waals surface area contributed by atoms with Crippen molar-refractivity contribution in [2.75, 3.05) is 13.2 Å². The summed E-state index contributed by atoms with van der Waals surface area (Å²) in [5.41, 5.74) is 0. The molecule has 0 rings (SSSR count). The second kappa shape index (κ2) is 42.8. The van der Waals surface area contributed by atoms with Crippen LogP contribution >= 0.6 is 0 Å². The maximum absolute atomic E-state index is 12.7. The summed E-state index contributed by atoms with van der Waals surface area (Å²) < 4.78 is 16.6. The van der Waals surface area contributed by atoms with E-state index in [-0.39, 0.29) is 37.5 Å². The van der Waals surface area contributed by atoms with Gasteiger partial charge in [0, 0.05) is 19.3 Å². The van der Waals surface area contributed by atoms with Crippen molar-refractivity contribution in [3.8, 4) is 0 Å². The molecule has 0 fully saturated rings. The van der Waals surface area contributed by atoms with Gasteiger partial charge in [-0.2, -0.15) is 0 Å². The van der Waals surface area contributed by atoms with Crippen LogP contribution in [0.25, 0.3) is 0 Å². The van der Waals surface area contributed by atoms with Gasteiger partial charge in [-0.1, -0.05) is 165 Å². The highest BCUT2D eigenvalue weighted by atomic mass is 16.6. The minimum atomic E-state index is -0.808. The summed E-state index contributed by atoms with van der Waals surface area (Å²) >= 11 is 0. The SMILES string of the molecule is CCCC/C=C\C=C/CCCCCC(=O)OCC(COC(=O)CC/C=C\C/C=C\CCCCCCCC)OC(=O)CCCCCCC/C=C\CCCCC. The molecule has 0 aliphatic carbocycles. The molecule has 0 aliphatic heterocycles. The first-order valence-electron chi connectivity index (χ1n) is 22.3. The van der Waals surface area contributed by atoms with Gasteiger partial charge in [0.25, 0.3) is 0 Å². The lowest BCUT2D eigenvalue weighted by Crippen LogP contribution is -2.30. The van der Waals surface area contributed by atoms with Crippen LogP contribution in [0.15, 0.2) is 60.8 Å². The third kappa shape index (κ3) is 40.3. The van der Waals surface area contributed by atoms with Crippen molar-refractivity contribution in [1.82, 2.24) is 0 Å². The number of hydrogen-bond acceptors (Lipinski definition) is 6. The van der Waals surface area contributed by atoms with Gasteiger partial charge in [0.2, 0.25) is 0 Å². The monoisotopic (exact) mass is 755 g/mol. The van der Waals surface area contributed by atoms with Gasteiger partial charge in [-0.3, -0.25) is 14.4 Å². The van der Waals surface area contributed by atoms with Gasteiger partial charge >= 0.3 is 17.9 Å². The first-order chi connectivity index (χ1) is 26.5. The highest BCUT2D eigenvalue weighted by Gasteiger charge is 2.19. The van der Waals surface area contributed by atoms with Crippen LogP contribution in [0.5, 0.6) is 0 Å². The first-order valence-corrected chi connectivity index (χ1v) is 22.3. The molecule has 6 nitrogen and oxygen atoms in total. The standard InChI is InChI=1S/C48H82O6/c1-4-7-10-13-16-19-22-24-27-29-32-35-38-41-47(50)53-44-45(43-52-46(49)40-37-34-31-28-25-21-18-15-12-9-6-3)54-48(51)42-39-36-33-30-26-23-20-17-14-11-8-5-2/h15,17-18,20-21,24-25,27,32,35,45H,4-14,16,19,22-23,26,28-31,33-34,36-44H2,1-3H3/b18-15-,20-17-,25-21-,27-24-,35-32-. The molecule has 0 radical (unpaired) electrons. The van der Waals surface area contributed by atoms with Crippen molar-refractivity contribution in [3.05, 3.63) is 60.8 Å². The Labute approximate surface area is 332 Å². The normalized spacial score (nSPS) is 12.6. The van der Waals surface area contributed by atoms with Crippen molar-refractivity contribution < 1.29 is 28.6 Å². The van der Waals surface area contributed by atoms with E-state index in [0.29, 0.717) is 19.3 Å². The van der Waals surface area contributed by atoms with Gasteiger partial charge in [-0.05, 0) is 83.5 Å². The molecule has 54 heavy (non-hydrogen) atoms. The maximum Gasteiger partial charge on any atom is 0.306 e. The number of ether oxygens (including phenoxy) is 3. The van der Waals surface area contributed by atoms with Crippen molar-refractivity contribution in [2.24, 2.45) is 0 Å². The van der Waals surface area contributed by atoms with Crippen LogP contribution in [-0.4, -0.2) is 37.2 Å². The van der Waals surface area contributed by atoms with Gasteiger partial charge < -0.3 is 14.2 Å². The molecule has 0 heterocycles. The topological polar surface area (TPSA) is 78.9 Å². The van der Waals surface area contributed by atoms with Gasteiger partial charge in [0.15, 0.2) is 6.10 Å². The fourth-order valence-electron chi connectivity index (χ4n) is 5.82. The largest absolute Gasteiger partial charge is 0.462 e. The summed E-state index contributed by atoms with van der Waals surface area (Å²) in [5.74, 6) is -1.02. The molecule has 0 spiro atoms. The molecular formula is C48H82O6. The molecule has 0 bridgehead atoms. The Kier molecular flexibility index (Phi) is 40.6. The van der Waals surface area contributed by atoms with Crippen LogP contribution in [0, 0.1) is 0 Å². The van der Waals surface area contributed by atoms with E-state index in [1.54, 1.807) is 0 Å². The number of esters is 3. The van der Waals surface area contributed by atoms with Crippen LogP contribution < -0.4 is 0 Å². The lowest BCUT2D eigenvalue weighted by atomic mass is 10.1. The molecule has 1 atom stereocenters. The lowest BCUT2D eigenvalue weighted by molar-refractivity contribution is -0.166. The van der Waals surface area contributed by atoms with E-state index in [0.717, 1.165) is 77.0 Å². The zero-order valence-electron chi connectivity index (χ0n) is 35.2. The third-order valence-electron chi connectivity index (χ3n) is 9.26. The summed E-state index contributed by atoms with van der Waals surface area (Å²) in [4.78, 5) is 37.6. The predicted octanol–water partition coefficient (Wildman–Crippen LogP) is 14.1. The van der Waals surface area contributed by atoms with E-state index >= 15 is 0 Å². The maximum atomic E-state index is 12.7. The second-order valence-corrected chi connectivity index (χ2v) is 14.6. The number of hydrogen-bond donors (Lipinski definition) is 0. The summed E-state index contributed by atoms with van der Waals surface area (Å²) in [6, 6.07) is 0. The molecule has 0 saturated carbocycles. The van der Waals surface area contributed by atoms with Crippen LogP contribution in [0.2, 0.25) is 0 Å². The molecule has 310 valence electrons. The van der Waals surface area contributed by atoms with E-state index in [4.69, 9.17) is 14.2 Å². The minimum Gasteiger partial charge on any atom is -0.462 e. The molecule has 0 aromatic heterocycles. The van der Waals surface area contributed by atoms with Crippen molar-refractivity contribution in [3.63, 3.8) is 0 Å². The van der Waals surface area contributed by atoms with E-state index in [2.05, 4.69) is 75.5 Å². The third-order valence-corrected chi connectivity index (χ3v) is 9.26. The van der Waals surface area contributed by atoms with Crippen molar-refractivity contribution in [2.45, 2.75) is 213 Å². The van der Waals surface area contributed by atoms with E-state index in [9.17, 15) is 14.4 Å². The number of carbonyl (C=O) groups is 3. The fourth-order valence-corrected chi connectivity index (χ4v) is 5.82. The second-order valence-electron chi connectivity index (χ2n) is 14.6. The zero-order chi connectivity index (χ0) is 39.4. The van der Waals surface area contributed by atoms with Crippen LogP contribution in [0.1, 0.15) is 207 Å². The quantitative estimate of drug-likeness (QED) is 0.0204. The zero-order valence-corrected chi connectivity index (χ0v) is 35.2. The summed E-state index contributed by atoms with van der Waals surface area (Å²) in [6.45, 7) is 6.44. The Morgan fingerprint density at radius 1 is 0.389 bits per heavy atom. The molecule has 0 aromatic rings. The number of carbonyl (C=O) groups excluding carboxylic acids is 3. The van der Waals surface area contributed by atoms with Crippen LogP contribution in [-0.2, 0) is 28.6 Å². The average molecular weight is 755 g/mol. The predicted molar refractivity (Wildman–Crippen MR) is 228 cm³/mol. The minimum absolute atomic E-state index is 0.109. The fraction of sp³-hybridized carbons (Fsp3) is 0.729. The van der Waals surface area contributed by atoms with Crippen molar-refractivity contribution in [1.29, 1.82) is 0 Å². The first kappa shape index (κ1) is 51.1. The van der Waals surface area contributed by atoms with Gasteiger partial charge in [-0.15, -0.1) is 0 Å². The van der Waals surface area contributed by atoms with E-state index in [1.807, 2.05) is 6.08 Å². The summed E-state index contributed by atoms with van der Waals surface area (Å²) in [6.07, 6.45) is 50.7. The van der Waals surface area contributed by atoms with Gasteiger partial charge in [0.1, 0.15) is 13.2 Å². The van der Waals surface area contributed by atoms with E-state index in [1.165, 1.54) is 83.5 Å². The Hall–Kier alpha value is -2.89. The lowest BCUT2D eigenvalue weighted by Gasteiger charge is -2.18. The molecule has 0 aromatic carbocycles. The number of unbranched alkanes of at least 4 members (excludes halogenated alkanes) is 19. The average Bonchev–Trinajstić information content (AvgIpc) is 3.17. The molecule has 0 amide bonds. The number of allylic oxidation sites excluding steroid dienone is 10. The molecule has 1 unspecified atom stereocenters. The Bertz CT molecular complexity index is 1010. The van der Waals surface area contributed by atoms with Gasteiger partial charge in [-0.25, -0.2) is 0 Å². The Morgan fingerprint density at radius 3 is 1.37 bits per heavy atom. The van der Waals surface area contributed by atoms with Crippen LogP contribution in [0.3, 0.4) is 0 Å². The van der Waals surface area contributed by atoms with E-state index < -0.39 is 6.10 Å². The Balaban J connectivity index is 4.51. The van der Waals surface area contributed by atoms with Crippen molar-refractivity contribution >= 4 is 17.9 Å². The smallest absolute Gasteiger partial charge is 0.306 e. The number of rotatable bonds is 39. The molecular weight excluding hydrogens is 673 g/mol. The summed E-state index contributed by atoms with van der Waals surface area (Å²) in [7, 11) is 0. The molecule has 0 N–H and O–H groups in total. The van der Waals surface area contributed by atoms with Gasteiger partial charge in [0.05, 0.1) is 0 Å².